The number of carbonyl (C=O) groups excluding carboxylic acids is 1. The van der Waals surface area contributed by atoms with Gasteiger partial charge in [0.05, 0.1) is 35.8 Å². The second-order valence-corrected chi connectivity index (χ2v) is 9.77. The van der Waals surface area contributed by atoms with E-state index in [1.807, 2.05) is 12.1 Å². The maximum Gasteiger partial charge on any atom is 0.264 e. The van der Waals surface area contributed by atoms with Gasteiger partial charge in [0.25, 0.3) is 10.0 Å². The summed E-state index contributed by atoms with van der Waals surface area (Å²) in [5.74, 6) is -0.610. The molecule has 3 atom stereocenters. The first-order valence-electron chi connectivity index (χ1n) is 9.73. The number of halogens is 1. The summed E-state index contributed by atoms with van der Waals surface area (Å²) in [6.07, 6.45) is 1.69. The van der Waals surface area contributed by atoms with E-state index in [1.54, 1.807) is 17.0 Å². The van der Waals surface area contributed by atoms with Crippen LogP contribution in [0.1, 0.15) is 24.3 Å². The van der Waals surface area contributed by atoms with E-state index >= 15 is 0 Å². The Hall–Kier alpha value is -2.45. The highest BCUT2D eigenvalue weighted by molar-refractivity contribution is 7.92. The molecule has 2 fully saturated rings. The Balaban J connectivity index is 1.57. The average Bonchev–Trinajstić information content (AvgIpc) is 3.54. The van der Waals surface area contributed by atoms with Gasteiger partial charge in [0.2, 0.25) is 5.91 Å². The monoisotopic (exact) mass is 416 g/mol. The van der Waals surface area contributed by atoms with Crippen LogP contribution < -0.4 is 4.31 Å². The third kappa shape index (κ3) is 2.77. The van der Waals surface area contributed by atoms with Crippen molar-refractivity contribution in [1.29, 1.82) is 0 Å². The first-order valence-corrected chi connectivity index (χ1v) is 11.2. The van der Waals surface area contributed by atoms with E-state index in [4.69, 9.17) is 0 Å². The Morgan fingerprint density at radius 1 is 1.10 bits per heavy atom. The van der Waals surface area contributed by atoms with E-state index in [2.05, 4.69) is 0 Å². The highest BCUT2D eigenvalue weighted by Crippen LogP contribution is 2.51. The van der Waals surface area contributed by atoms with Crippen LogP contribution in [0.2, 0.25) is 0 Å². The van der Waals surface area contributed by atoms with Crippen LogP contribution in [0.15, 0.2) is 53.4 Å². The van der Waals surface area contributed by atoms with Crippen LogP contribution in [-0.4, -0.2) is 49.6 Å². The molecule has 0 unspecified atom stereocenters. The molecule has 152 valence electrons. The average molecular weight is 416 g/mol. The van der Waals surface area contributed by atoms with Crippen LogP contribution in [-0.2, 0) is 14.8 Å². The SMILES string of the molecule is O=C(C1CC1)N1[C@@H](CO)[C@@H]2c3ccccc3N(S(=O)(=O)c3ccc(F)cc3)C[C@@H]21. The lowest BCUT2D eigenvalue weighted by atomic mass is 9.72. The summed E-state index contributed by atoms with van der Waals surface area (Å²) in [7, 11) is -3.93. The topological polar surface area (TPSA) is 77.9 Å². The second-order valence-electron chi connectivity index (χ2n) is 7.91. The number of rotatable bonds is 4. The van der Waals surface area contributed by atoms with E-state index in [0.717, 1.165) is 30.5 Å². The normalized spacial score (nSPS) is 25.8. The highest BCUT2D eigenvalue weighted by Gasteiger charge is 2.57. The number of benzene rings is 2. The number of amides is 1. The molecule has 1 N–H and O–H groups in total. The lowest BCUT2D eigenvalue weighted by molar-refractivity contribution is -0.151. The van der Waals surface area contributed by atoms with E-state index in [9.17, 15) is 22.7 Å². The predicted molar refractivity (Wildman–Crippen MR) is 104 cm³/mol. The molecule has 0 bridgehead atoms. The van der Waals surface area contributed by atoms with Crippen molar-refractivity contribution in [2.24, 2.45) is 5.92 Å². The Bertz CT molecular complexity index is 1070. The number of para-hydroxylation sites is 1. The van der Waals surface area contributed by atoms with Crippen LogP contribution >= 0.6 is 0 Å². The van der Waals surface area contributed by atoms with Gasteiger partial charge in [-0.15, -0.1) is 0 Å². The lowest BCUT2D eigenvalue weighted by Crippen LogP contribution is -2.71. The van der Waals surface area contributed by atoms with Crippen molar-refractivity contribution < 1.29 is 22.7 Å². The molecular weight excluding hydrogens is 395 g/mol. The van der Waals surface area contributed by atoms with Gasteiger partial charge in [-0.2, -0.15) is 0 Å². The summed E-state index contributed by atoms with van der Waals surface area (Å²) in [6, 6.07) is 11.3. The van der Waals surface area contributed by atoms with Crippen LogP contribution in [0, 0.1) is 11.7 Å². The Kier molecular flexibility index (Phi) is 4.18. The number of hydrogen-bond donors (Lipinski definition) is 1. The zero-order valence-electron chi connectivity index (χ0n) is 15.6. The minimum atomic E-state index is -3.93. The Morgan fingerprint density at radius 2 is 1.79 bits per heavy atom. The van der Waals surface area contributed by atoms with Gasteiger partial charge in [-0.1, -0.05) is 18.2 Å². The Morgan fingerprint density at radius 3 is 2.45 bits per heavy atom. The number of likely N-dealkylation sites (tertiary alicyclic amines) is 1. The smallest absolute Gasteiger partial charge is 0.264 e. The molecule has 0 aromatic heterocycles. The minimum absolute atomic E-state index is 0.00353. The number of anilines is 1. The van der Waals surface area contributed by atoms with Gasteiger partial charge in [0.15, 0.2) is 0 Å². The molecule has 2 aromatic carbocycles. The van der Waals surface area contributed by atoms with Crippen LogP contribution in [0.4, 0.5) is 10.1 Å². The lowest BCUT2D eigenvalue weighted by Gasteiger charge is -2.59. The van der Waals surface area contributed by atoms with Gasteiger partial charge < -0.3 is 10.0 Å². The van der Waals surface area contributed by atoms with Crippen molar-refractivity contribution in [2.75, 3.05) is 17.5 Å². The highest BCUT2D eigenvalue weighted by atomic mass is 32.2. The number of fused-ring (bicyclic) bond motifs is 3. The fourth-order valence-corrected chi connectivity index (χ4v) is 6.17. The van der Waals surface area contributed by atoms with Gasteiger partial charge in [-0.05, 0) is 48.7 Å². The van der Waals surface area contributed by atoms with E-state index in [0.29, 0.717) is 5.69 Å². The van der Waals surface area contributed by atoms with Crippen LogP contribution in [0.3, 0.4) is 0 Å². The third-order valence-electron chi connectivity index (χ3n) is 6.23. The summed E-state index contributed by atoms with van der Waals surface area (Å²) in [5, 5.41) is 9.94. The van der Waals surface area contributed by atoms with Crippen LogP contribution in [0.25, 0.3) is 0 Å². The molecule has 0 radical (unpaired) electrons. The first kappa shape index (κ1) is 18.6. The molecule has 1 saturated carbocycles. The summed E-state index contributed by atoms with van der Waals surface area (Å²) in [4.78, 5) is 14.5. The van der Waals surface area contributed by atoms with Crippen molar-refractivity contribution in [3.05, 3.63) is 59.9 Å². The summed E-state index contributed by atoms with van der Waals surface area (Å²) in [6.45, 7) is -0.0327. The molecule has 1 saturated heterocycles. The molecule has 5 rings (SSSR count). The van der Waals surface area contributed by atoms with Gasteiger partial charge in [-0.3, -0.25) is 9.10 Å². The summed E-state index contributed by atoms with van der Waals surface area (Å²) in [5.41, 5.74) is 1.36. The largest absolute Gasteiger partial charge is 0.394 e. The molecule has 6 nitrogen and oxygen atoms in total. The maximum absolute atomic E-state index is 13.4. The van der Waals surface area contributed by atoms with Crippen molar-refractivity contribution in [1.82, 2.24) is 4.90 Å². The molecule has 29 heavy (non-hydrogen) atoms. The number of sulfonamides is 1. The number of carbonyl (C=O) groups is 1. The molecule has 2 heterocycles. The quantitative estimate of drug-likeness (QED) is 0.828. The van der Waals surface area contributed by atoms with Gasteiger partial charge in [-0.25, -0.2) is 12.8 Å². The summed E-state index contributed by atoms with van der Waals surface area (Å²) >= 11 is 0. The van der Waals surface area contributed by atoms with Gasteiger partial charge in [0.1, 0.15) is 5.82 Å². The third-order valence-corrected chi connectivity index (χ3v) is 8.02. The first-order chi connectivity index (χ1) is 13.9. The van der Waals surface area contributed by atoms with E-state index in [-0.39, 0.29) is 47.9 Å². The molecule has 1 amide bonds. The summed E-state index contributed by atoms with van der Waals surface area (Å²) < 4.78 is 41.3. The standard InChI is InChI=1S/C21H21FN2O4S/c22-14-7-9-15(10-8-14)29(27,28)23-11-18-20(16-3-1-2-4-17(16)23)19(12-25)24(18)21(26)13-5-6-13/h1-4,7-10,13,18-20,25H,5-6,11-12H2/t18-,19-,20+/m0/s1. The molecule has 2 aliphatic heterocycles. The number of nitrogens with zero attached hydrogens (tertiary/aromatic N) is 2. The second kappa shape index (κ2) is 6.53. The van der Waals surface area contributed by atoms with Gasteiger partial charge >= 0.3 is 0 Å². The number of hydrogen-bond acceptors (Lipinski definition) is 4. The minimum Gasteiger partial charge on any atom is -0.394 e. The predicted octanol–water partition coefficient (Wildman–Crippen LogP) is 2.10. The molecule has 3 aliphatic rings. The van der Waals surface area contributed by atoms with Crippen molar-refractivity contribution in [2.45, 2.75) is 35.7 Å². The molecular formula is C21H21FN2O4S. The number of aliphatic hydroxyl groups excluding tert-OH is 1. The zero-order valence-corrected chi connectivity index (χ0v) is 16.4. The van der Waals surface area contributed by atoms with Gasteiger partial charge in [0, 0.05) is 11.8 Å². The molecule has 2 aromatic rings. The van der Waals surface area contributed by atoms with Crippen LogP contribution in [0.5, 0.6) is 0 Å². The fraction of sp³-hybridized carbons (Fsp3) is 0.381. The van der Waals surface area contributed by atoms with E-state index in [1.165, 1.54) is 16.4 Å². The zero-order chi connectivity index (χ0) is 20.3. The van der Waals surface area contributed by atoms with E-state index < -0.39 is 15.8 Å². The van der Waals surface area contributed by atoms with Crippen molar-refractivity contribution in [3.63, 3.8) is 0 Å². The fourth-order valence-electron chi connectivity index (χ4n) is 4.66. The molecule has 8 heteroatoms. The van der Waals surface area contributed by atoms with Crippen molar-refractivity contribution >= 4 is 21.6 Å². The number of aliphatic hydroxyl groups is 1. The Labute approximate surface area is 168 Å². The molecule has 1 aliphatic carbocycles. The molecule has 0 spiro atoms. The van der Waals surface area contributed by atoms with Crippen molar-refractivity contribution in [3.8, 4) is 0 Å². The maximum atomic E-state index is 13.4.